The molecule has 0 aliphatic rings. The van der Waals surface area contributed by atoms with E-state index in [4.69, 9.17) is 9.47 Å². The smallest absolute Gasteiger partial charge is 0.450 e. The number of alkyl halides is 6. The van der Waals surface area contributed by atoms with Crippen molar-refractivity contribution in [2.75, 3.05) is 14.2 Å². The van der Waals surface area contributed by atoms with Crippen molar-refractivity contribution in [3.63, 3.8) is 0 Å². The molecule has 2 aromatic carbocycles. The molecule has 2 aromatic rings. The van der Waals surface area contributed by atoms with Gasteiger partial charge < -0.3 is 9.47 Å². The Bertz CT molecular complexity index is 1200. The Morgan fingerprint density at radius 1 is 0.707 bits per heavy atom. The highest BCUT2D eigenvalue weighted by molar-refractivity contribution is 9.93. The molecule has 0 aliphatic heterocycles. The number of hydrogen-bond acceptors (Lipinski definition) is 4. The second-order valence-electron chi connectivity index (χ2n) is 9.77. The Balaban J connectivity index is 0.000000737. The maximum absolute atomic E-state index is 13.4. The van der Waals surface area contributed by atoms with E-state index in [1.807, 2.05) is 0 Å². The van der Waals surface area contributed by atoms with Gasteiger partial charge in [-0.2, -0.15) is 26.3 Å². The molecule has 4 nitrogen and oxygen atoms in total. The third-order valence-corrected chi connectivity index (χ3v) is 6.31. The largest absolute Gasteiger partial charge is 0.496 e. The van der Waals surface area contributed by atoms with Crippen LogP contribution in [-0.2, 0) is 20.4 Å². The zero-order valence-corrected chi connectivity index (χ0v) is 27.3. The van der Waals surface area contributed by atoms with E-state index in [2.05, 4.69) is 44.2 Å². The molecule has 0 aliphatic carbocycles. The molecule has 0 amide bonds. The highest BCUT2D eigenvalue weighted by Crippen LogP contribution is 2.39. The van der Waals surface area contributed by atoms with Crippen molar-refractivity contribution >= 4 is 55.8 Å². The molecule has 0 spiro atoms. The molecule has 0 atom stereocenters. The van der Waals surface area contributed by atoms with Crippen LogP contribution in [-0.4, -0.2) is 38.1 Å². The van der Waals surface area contributed by atoms with Crippen molar-refractivity contribution in [3.8, 4) is 11.5 Å². The van der Waals surface area contributed by atoms with Gasteiger partial charge in [0.1, 0.15) is 23.1 Å². The minimum absolute atomic E-state index is 0.0980. The molecule has 41 heavy (non-hydrogen) atoms. The lowest BCUT2D eigenvalue weighted by Gasteiger charge is -2.27. The molecule has 15 heteroatoms. The number of carbonyl (C=O) groups is 2. The Kier molecular flexibility index (Phi) is 15.0. The summed E-state index contributed by atoms with van der Waals surface area (Å²) in [6.07, 6.45) is -11.2. The second kappa shape index (κ2) is 15.6. The van der Waals surface area contributed by atoms with Crippen LogP contribution >= 0.6 is 44.2 Å². The van der Waals surface area contributed by atoms with Crippen LogP contribution in [0.25, 0.3) is 0 Å². The molecule has 232 valence electrons. The third kappa shape index (κ3) is 11.8. The van der Waals surface area contributed by atoms with E-state index in [0.717, 1.165) is 18.2 Å². The third-order valence-electron chi connectivity index (χ3n) is 5.70. The molecule has 0 fully saturated rings. The Morgan fingerprint density at radius 2 is 1.10 bits per heavy atom. The predicted octanol–water partition coefficient (Wildman–Crippen LogP) is 9.72. The number of hydrogen-bond donors (Lipinski definition) is 0. The van der Waals surface area contributed by atoms with Gasteiger partial charge in [0.05, 0.1) is 18.7 Å². The SMILES string of the molecule is BrBr.COc1cc(F)c(Br)cc1C(C)(C)CC(=O)C(F)(F)F.COc1cc(F)ccc1C(C)(C)CC(=O)C(F)(F)F. The normalized spacial score (nSPS) is 11.9. The molecule has 0 heterocycles. The van der Waals surface area contributed by atoms with Gasteiger partial charge >= 0.3 is 12.4 Å². The molecular weight excluding hydrogens is 768 g/mol. The summed E-state index contributed by atoms with van der Waals surface area (Å²) < 4.78 is 111. The molecule has 0 N–H and O–H groups in total. The monoisotopic (exact) mass is 792 g/mol. The maximum atomic E-state index is 13.4. The summed E-state index contributed by atoms with van der Waals surface area (Å²) in [7, 11) is 2.58. The van der Waals surface area contributed by atoms with E-state index >= 15 is 0 Å². The van der Waals surface area contributed by atoms with Gasteiger partial charge in [-0.1, -0.05) is 33.8 Å². The summed E-state index contributed by atoms with van der Waals surface area (Å²) in [5.74, 6) is -4.57. The van der Waals surface area contributed by atoms with Gasteiger partial charge in [0, 0.05) is 75.2 Å². The van der Waals surface area contributed by atoms with E-state index in [1.165, 1.54) is 54.0 Å². The number of ketones is 2. The van der Waals surface area contributed by atoms with Crippen molar-refractivity contribution in [2.45, 2.75) is 63.7 Å². The number of methoxy groups -OCH3 is 2. The number of benzene rings is 2. The number of Topliss-reactive ketones (excluding diaryl/α,β-unsaturated/α-hetero) is 2. The average Bonchev–Trinajstić information content (AvgIpc) is 2.85. The van der Waals surface area contributed by atoms with E-state index in [9.17, 15) is 44.7 Å². The fraction of sp³-hybridized carbons (Fsp3) is 0.462. The highest BCUT2D eigenvalue weighted by Gasteiger charge is 2.43. The molecule has 0 bridgehead atoms. The molecule has 0 saturated heterocycles. The van der Waals surface area contributed by atoms with E-state index in [-0.39, 0.29) is 16.0 Å². The molecular formula is C26H27Br3F8O4. The van der Waals surface area contributed by atoms with Crippen LogP contribution in [0, 0.1) is 11.6 Å². The summed E-state index contributed by atoms with van der Waals surface area (Å²) in [6, 6.07) is 5.93. The van der Waals surface area contributed by atoms with Gasteiger partial charge in [-0.3, -0.25) is 9.59 Å². The Labute approximate surface area is 256 Å². The first-order valence-corrected chi connectivity index (χ1v) is 15.8. The first-order chi connectivity index (χ1) is 18.6. The number of carbonyl (C=O) groups excluding carboxylic acids is 2. The van der Waals surface area contributed by atoms with Crippen LogP contribution in [0.2, 0.25) is 0 Å². The van der Waals surface area contributed by atoms with E-state index < -0.39 is 59.2 Å². The van der Waals surface area contributed by atoms with E-state index in [0.29, 0.717) is 11.1 Å². The quantitative estimate of drug-likeness (QED) is 0.250. The number of halogens is 11. The Hall–Kier alpha value is -1.74. The minimum Gasteiger partial charge on any atom is -0.496 e. The van der Waals surface area contributed by atoms with Crippen molar-refractivity contribution in [2.24, 2.45) is 0 Å². The second-order valence-corrected chi connectivity index (χ2v) is 10.6. The number of ether oxygens (including phenoxy) is 2. The van der Waals surface area contributed by atoms with Gasteiger partial charge in [-0.25, -0.2) is 8.78 Å². The standard InChI is InChI=1S/C13H13BrF4O2.C13H14F4O2.Br2/c1-12(2,6-11(19)13(16,17)18)7-4-8(14)9(15)5-10(7)20-3;1-12(2,7-11(18)13(15,16)17)9-5-4-8(14)6-10(9)19-3;1-2/h4-5H,6H2,1-3H3;4-6H,7H2,1-3H3;. The lowest BCUT2D eigenvalue weighted by molar-refractivity contribution is -0.172. The lowest BCUT2D eigenvalue weighted by Crippen LogP contribution is -2.31. The topological polar surface area (TPSA) is 52.6 Å². The molecule has 0 unspecified atom stereocenters. The van der Waals surface area contributed by atoms with E-state index in [1.54, 1.807) is 0 Å². The summed E-state index contributed by atoms with van der Waals surface area (Å²) in [4.78, 5) is 22.2. The molecule has 2 rings (SSSR count). The molecule has 0 aromatic heterocycles. The predicted molar refractivity (Wildman–Crippen MR) is 149 cm³/mol. The van der Waals surface area contributed by atoms with Crippen LogP contribution in [0.1, 0.15) is 51.7 Å². The van der Waals surface area contributed by atoms with Gasteiger partial charge in [-0.15, -0.1) is 0 Å². The van der Waals surface area contributed by atoms with Gasteiger partial charge in [0.2, 0.25) is 11.6 Å². The molecule has 0 saturated carbocycles. The average molecular weight is 795 g/mol. The zero-order chi connectivity index (χ0) is 32.6. The van der Waals surface area contributed by atoms with Gasteiger partial charge in [-0.05, 0) is 28.1 Å². The summed E-state index contributed by atoms with van der Waals surface area (Å²) in [5, 5.41) is 0. The zero-order valence-electron chi connectivity index (χ0n) is 22.6. The van der Waals surface area contributed by atoms with Gasteiger partial charge in [0.25, 0.3) is 0 Å². The number of rotatable bonds is 8. The van der Waals surface area contributed by atoms with Crippen LogP contribution in [0.5, 0.6) is 11.5 Å². The van der Waals surface area contributed by atoms with Crippen LogP contribution in [0.3, 0.4) is 0 Å². The summed E-state index contributed by atoms with van der Waals surface area (Å²) in [5.41, 5.74) is -1.57. The summed E-state index contributed by atoms with van der Waals surface area (Å²) >= 11 is 8.47. The van der Waals surface area contributed by atoms with Crippen LogP contribution in [0.4, 0.5) is 35.1 Å². The maximum Gasteiger partial charge on any atom is 0.450 e. The van der Waals surface area contributed by atoms with Gasteiger partial charge in [0.15, 0.2) is 0 Å². The van der Waals surface area contributed by atoms with Crippen LogP contribution in [0.15, 0.2) is 34.8 Å². The van der Waals surface area contributed by atoms with Crippen LogP contribution < -0.4 is 9.47 Å². The van der Waals surface area contributed by atoms with Crippen molar-refractivity contribution in [3.05, 3.63) is 57.6 Å². The summed E-state index contributed by atoms with van der Waals surface area (Å²) in [6.45, 7) is 5.90. The molecule has 0 radical (unpaired) electrons. The first kappa shape index (κ1) is 39.3. The fourth-order valence-corrected chi connectivity index (χ4v) is 3.99. The first-order valence-electron chi connectivity index (χ1n) is 11.3. The minimum atomic E-state index is -4.89. The fourth-order valence-electron chi connectivity index (χ4n) is 3.64. The van der Waals surface area contributed by atoms with Crippen molar-refractivity contribution in [1.29, 1.82) is 0 Å². The van der Waals surface area contributed by atoms with Crippen molar-refractivity contribution < 1.29 is 54.2 Å². The highest BCUT2D eigenvalue weighted by atomic mass is 80.9. The lowest BCUT2D eigenvalue weighted by atomic mass is 9.79. The van der Waals surface area contributed by atoms with Crippen molar-refractivity contribution in [1.82, 2.24) is 0 Å². The Morgan fingerprint density at radius 3 is 1.49 bits per heavy atom.